The minimum Gasteiger partial charge on any atom is -0.494 e. The number of anilines is 1. The minimum atomic E-state index is -0.614. The Hall–Kier alpha value is -1.55. The summed E-state index contributed by atoms with van der Waals surface area (Å²) in [6, 6.07) is 4.01. The van der Waals surface area contributed by atoms with Crippen molar-refractivity contribution in [3.8, 4) is 5.75 Å². The molecule has 4 nitrogen and oxygen atoms in total. The zero-order valence-electron chi connectivity index (χ0n) is 12.9. The van der Waals surface area contributed by atoms with Crippen molar-refractivity contribution in [3.63, 3.8) is 0 Å². The molecular weight excluding hydrogens is 240 g/mol. The lowest BCUT2D eigenvalue weighted by Gasteiger charge is -2.30. The van der Waals surface area contributed by atoms with E-state index in [-0.39, 0.29) is 5.91 Å². The maximum atomic E-state index is 12.5. The number of aryl methyl sites for hydroxylation is 2. The molecule has 0 unspecified atom stereocenters. The number of amides is 1. The lowest BCUT2D eigenvalue weighted by atomic mass is 10.0. The van der Waals surface area contributed by atoms with E-state index in [9.17, 15) is 4.79 Å². The highest BCUT2D eigenvalue weighted by molar-refractivity contribution is 6.00. The summed E-state index contributed by atoms with van der Waals surface area (Å²) < 4.78 is 5.43. The molecule has 1 aromatic rings. The SMILES string of the molecule is CNC(C)(C)C(=O)N(C)c1cc(C)cc(C)c1OC. The first-order valence-electron chi connectivity index (χ1n) is 6.37. The monoisotopic (exact) mass is 264 g/mol. The van der Waals surface area contributed by atoms with Crippen LogP contribution in [-0.4, -0.2) is 32.7 Å². The number of hydrogen-bond donors (Lipinski definition) is 1. The van der Waals surface area contributed by atoms with Gasteiger partial charge in [0.1, 0.15) is 5.75 Å². The predicted molar refractivity (Wildman–Crippen MR) is 79.0 cm³/mol. The van der Waals surface area contributed by atoms with Gasteiger partial charge in [0.15, 0.2) is 0 Å². The molecule has 0 aliphatic carbocycles. The Kier molecular flexibility index (Phi) is 4.58. The van der Waals surface area contributed by atoms with E-state index in [2.05, 4.69) is 5.32 Å². The molecule has 0 aromatic heterocycles. The van der Waals surface area contributed by atoms with Crippen LogP contribution in [0.15, 0.2) is 12.1 Å². The Morgan fingerprint density at radius 2 is 1.89 bits per heavy atom. The van der Waals surface area contributed by atoms with Gasteiger partial charge in [-0.3, -0.25) is 4.79 Å². The quantitative estimate of drug-likeness (QED) is 0.907. The van der Waals surface area contributed by atoms with Gasteiger partial charge >= 0.3 is 0 Å². The van der Waals surface area contributed by atoms with Crippen LogP contribution in [0.1, 0.15) is 25.0 Å². The van der Waals surface area contributed by atoms with Gasteiger partial charge in [-0.15, -0.1) is 0 Å². The van der Waals surface area contributed by atoms with Gasteiger partial charge in [-0.05, 0) is 51.9 Å². The van der Waals surface area contributed by atoms with Crippen molar-refractivity contribution in [1.82, 2.24) is 5.32 Å². The topological polar surface area (TPSA) is 41.6 Å². The van der Waals surface area contributed by atoms with Gasteiger partial charge in [0, 0.05) is 7.05 Å². The molecule has 1 amide bonds. The summed E-state index contributed by atoms with van der Waals surface area (Å²) in [7, 11) is 5.19. The fourth-order valence-corrected chi connectivity index (χ4v) is 2.08. The van der Waals surface area contributed by atoms with E-state index in [1.54, 1.807) is 26.1 Å². The molecule has 0 saturated carbocycles. The molecule has 0 aliphatic rings. The number of nitrogens with one attached hydrogen (secondary N) is 1. The maximum absolute atomic E-state index is 12.5. The number of ether oxygens (including phenoxy) is 1. The third-order valence-electron chi connectivity index (χ3n) is 3.43. The lowest BCUT2D eigenvalue weighted by molar-refractivity contribution is -0.123. The number of nitrogens with zero attached hydrogens (tertiary/aromatic N) is 1. The van der Waals surface area contributed by atoms with Gasteiger partial charge in [-0.25, -0.2) is 0 Å². The summed E-state index contributed by atoms with van der Waals surface area (Å²) in [6.45, 7) is 7.72. The van der Waals surface area contributed by atoms with Crippen LogP contribution >= 0.6 is 0 Å². The fourth-order valence-electron chi connectivity index (χ4n) is 2.08. The molecule has 0 aliphatic heterocycles. The Labute approximate surface area is 115 Å². The van der Waals surface area contributed by atoms with E-state index < -0.39 is 5.54 Å². The molecule has 0 radical (unpaired) electrons. The van der Waals surface area contributed by atoms with Crippen LogP contribution in [0.25, 0.3) is 0 Å². The highest BCUT2D eigenvalue weighted by Gasteiger charge is 2.30. The smallest absolute Gasteiger partial charge is 0.246 e. The molecule has 1 rings (SSSR count). The molecule has 106 valence electrons. The van der Waals surface area contributed by atoms with Gasteiger partial charge in [-0.1, -0.05) is 6.07 Å². The Bertz CT molecular complexity index is 481. The second-order valence-corrected chi connectivity index (χ2v) is 5.37. The average molecular weight is 264 g/mol. The number of carbonyl (C=O) groups is 1. The van der Waals surface area contributed by atoms with Crippen molar-refractivity contribution < 1.29 is 9.53 Å². The highest BCUT2D eigenvalue weighted by Crippen LogP contribution is 2.33. The minimum absolute atomic E-state index is 0.00157. The lowest BCUT2D eigenvalue weighted by Crippen LogP contribution is -2.51. The van der Waals surface area contributed by atoms with E-state index >= 15 is 0 Å². The van der Waals surface area contributed by atoms with Crippen molar-refractivity contribution >= 4 is 11.6 Å². The molecule has 0 heterocycles. The van der Waals surface area contributed by atoms with Crippen LogP contribution in [0.4, 0.5) is 5.69 Å². The zero-order chi connectivity index (χ0) is 14.8. The largest absolute Gasteiger partial charge is 0.494 e. The van der Waals surface area contributed by atoms with Crippen LogP contribution in [0, 0.1) is 13.8 Å². The molecule has 4 heteroatoms. The van der Waals surface area contributed by atoms with Gasteiger partial charge < -0.3 is 15.0 Å². The van der Waals surface area contributed by atoms with Gasteiger partial charge in [0.25, 0.3) is 0 Å². The number of hydrogen-bond acceptors (Lipinski definition) is 3. The molecular formula is C15H24N2O2. The van der Waals surface area contributed by atoms with E-state index in [1.165, 1.54) is 0 Å². The van der Waals surface area contributed by atoms with E-state index in [0.29, 0.717) is 0 Å². The Morgan fingerprint density at radius 1 is 1.32 bits per heavy atom. The fraction of sp³-hybridized carbons (Fsp3) is 0.533. The molecule has 19 heavy (non-hydrogen) atoms. The first-order valence-corrected chi connectivity index (χ1v) is 6.37. The third-order valence-corrected chi connectivity index (χ3v) is 3.43. The summed E-state index contributed by atoms with van der Waals surface area (Å²) in [4.78, 5) is 14.1. The Morgan fingerprint density at radius 3 is 2.37 bits per heavy atom. The summed E-state index contributed by atoms with van der Waals surface area (Å²) in [5.74, 6) is 0.742. The number of benzene rings is 1. The number of carbonyl (C=O) groups excluding carboxylic acids is 1. The number of rotatable bonds is 4. The van der Waals surface area contributed by atoms with Crippen LogP contribution in [0.2, 0.25) is 0 Å². The van der Waals surface area contributed by atoms with Crippen molar-refractivity contribution in [1.29, 1.82) is 0 Å². The van der Waals surface area contributed by atoms with Crippen LogP contribution < -0.4 is 15.0 Å². The van der Waals surface area contributed by atoms with Gasteiger partial charge in [0.05, 0.1) is 18.3 Å². The first kappa shape index (κ1) is 15.5. The summed E-state index contributed by atoms with van der Waals surface area (Å²) >= 11 is 0. The second kappa shape index (κ2) is 5.61. The molecule has 0 fully saturated rings. The van der Waals surface area contributed by atoms with E-state index in [1.807, 2.05) is 39.8 Å². The molecule has 0 saturated heterocycles. The predicted octanol–water partition coefficient (Wildman–Crippen LogP) is 2.27. The molecule has 1 aromatic carbocycles. The number of methoxy groups -OCH3 is 1. The maximum Gasteiger partial charge on any atom is 0.246 e. The summed E-state index contributed by atoms with van der Waals surface area (Å²) in [6.07, 6.45) is 0. The Balaban J connectivity index is 3.26. The molecule has 0 atom stereocenters. The summed E-state index contributed by atoms with van der Waals surface area (Å²) in [5, 5.41) is 3.03. The standard InChI is InChI=1S/C15H24N2O2/c1-10-8-11(2)13(19-7)12(9-10)17(6)14(18)15(3,4)16-5/h8-9,16H,1-7H3. The van der Waals surface area contributed by atoms with Crippen LogP contribution in [0.5, 0.6) is 5.75 Å². The van der Waals surface area contributed by atoms with E-state index in [0.717, 1.165) is 22.6 Å². The summed E-state index contributed by atoms with van der Waals surface area (Å²) in [5.41, 5.74) is 2.32. The normalized spacial score (nSPS) is 11.3. The van der Waals surface area contributed by atoms with Crippen molar-refractivity contribution in [3.05, 3.63) is 23.3 Å². The van der Waals surface area contributed by atoms with Gasteiger partial charge in [0.2, 0.25) is 5.91 Å². The molecule has 1 N–H and O–H groups in total. The van der Waals surface area contributed by atoms with Crippen molar-refractivity contribution in [2.75, 3.05) is 26.1 Å². The van der Waals surface area contributed by atoms with Crippen molar-refractivity contribution in [2.24, 2.45) is 0 Å². The van der Waals surface area contributed by atoms with Crippen molar-refractivity contribution in [2.45, 2.75) is 33.2 Å². The van der Waals surface area contributed by atoms with Gasteiger partial charge in [-0.2, -0.15) is 0 Å². The molecule has 0 spiro atoms. The van der Waals surface area contributed by atoms with E-state index in [4.69, 9.17) is 4.74 Å². The van der Waals surface area contributed by atoms with Crippen LogP contribution in [-0.2, 0) is 4.79 Å². The molecule has 0 bridgehead atoms. The number of likely N-dealkylation sites (N-methyl/N-ethyl adjacent to an activating group) is 2. The second-order valence-electron chi connectivity index (χ2n) is 5.37. The average Bonchev–Trinajstić information content (AvgIpc) is 2.36. The zero-order valence-corrected chi connectivity index (χ0v) is 12.9. The highest BCUT2D eigenvalue weighted by atomic mass is 16.5. The van der Waals surface area contributed by atoms with Crippen LogP contribution in [0.3, 0.4) is 0 Å². The third kappa shape index (κ3) is 3.07. The first-order chi connectivity index (χ1) is 8.74.